The number of hydrogen-bond acceptors (Lipinski definition) is 4. The Morgan fingerprint density at radius 1 is 1.16 bits per heavy atom. The van der Waals surface area contributed by atoms with Crippen LogP contribution in [0.1, 0.15) is 28.8 Å². The van der Waals surface area contributed by atoms with Crippen LogP contribution in [0.2, 0.25) is 5.02 Å². The van der Waals surface area contributed by atoms with Gasteiger partial charge >= 0.3 is 0 Å². The van der Waals surface area contributed by atoms with Gasteiger partial charge in [-0.1, -0.05) is 48.0 Å². The molecule has 0 saturated carbocycles. The molecule has 0 radical (unpaired) electrons. The van der Waals surface area contributed by atoms with Gasteiger partial charge < -0.3 is 9.88 Å². The number of halogens is 2. The van der Waals surface area contributed by atoms with Crippen LogP contribution in [-0.4, -0.2) is 32.9 Å². The molecule has 2 aromatic carbocycles. The maximum Gasteiger partial charge on any atom is 0.237 e. The molecule has 8 heteroatoms. The van der Waals surface area contributed by atoms with Gasteiger partial charge in [0.1, 0.15) is 0 Å². The number of amides is 1. The third-order valence-electron chi connectivity index (χ3n) is 5.43. The van der Waals surface area contributed by atoms with Crippen molar-refractivity contribution in [3.05, 3.63) is 88.5 Å². The van der Waals surface area contributed by atoms with Crippen molar-refractivity contribution in [2.24, 2.45) is 0 Å². The zero-order valence-electron chi connectivity index (χ0n) is 16.9. The molecule has 2 heterocycles. The lowest BCUT2D eigenvalue weighted by atomic mass is 10.1. The summed E-state index contributed by atoms with van der Waals surface area (Å²) in [7, 11) is 0. The second-order valence-electron chi connectivity index (χ2n) is 7.37. The lowest BCUT2D eigenvalue weighted by Gasteiger charge is -2.27. The fourth-order valence-corrected chi connectivity index (χ4v) is 4.03. The van der Waals surface area contributed by atoms with Crippen LogP contribution in [0.3, 0.4) is 0 Å². The number of benzene rings is 2. The van der Waals surface area contributed by atoms with Crippen molar-refractivity contribution in [1.82, 2.24) is 19.8 Å². The summed E-state index contributed by atoms with van der Waals surface area (Å²) in [6.45, 7) is 2.35. The normalized spacial score (nSPS) is 15.4. The summed E-state index contributed by atoms with van der Waals surface area (Å²) in [6.07, 6.45) is 4.35. The lowest BCUT2D eigenvalue weighted by molar-refractivity contribution is -0.124. The molecule has 1 fully saturated rings. The van der Waals surface area contributed by atoms with Crippen molar-refractivity contribution in [1.29, 1.82) is 5.26 Å². The van der Waals surface area contributed by atoms with Crippen molar-refractivity contribution in [3.63, 3.8) is 0 Å². The quantitative estimate of drug-likeness (QED) is 0.588. The largest absolute Gasteiger partial charge is 0.355 e. The molecule has 0 aliphatic carbocycles. The van der Waals surface area contributed by atoms with Crippen molar-refractivity contribution < 1.29 is 4.79 Å². The molecule has 1 saturated heterocycles. The Labute approximate surface area is 192 Å². The predicted molar refractivity (Wildman–Crippen MR) is 122 cm³/mol. The lowest BCUT2D eigenvalue weighted by Crippen LogP contribution is -2.40. The van der Waals surface area contributed by atoms with Gasteiger partial charge in [0.15, 0.2) is 0 Å². The van der Waals surface area contributed by atoms with Crippen LogP contribution in [0.4, 0.5) is 0 Å². The molecule has 1 aromatic heterocycles. The highest BCUT2D eigenvalue weighted by molar-refractivity contribution is 6.31. The van der Waals surface area contributed by atoms with Crippen molar-refractivity contribution in [2.75, 3.05) is 6.54 Å². The van der Waals surface area contributed by atoms with Gasteiger partial charge in [0.05, 0.1) is 36.2 Å². The summed E-state index contributed by atoms with van der Waals surface area (Å²) < 4.78 is 2.03. The Balaban J connectivity index is 0.00000272. The molecule has 1 N–H and O–H groups in total. The minimum absolute atomic E-state index is 0. The molecule has 4 rings (SSSR count). The summed E-state index contributed by atoms with van der Waals surface area (Å²) in [5, 5.41) is 13.0. The number of hydrogen-bond donors (Lipinski definition) is 1. The number of aromatic nitrogens is 2. The summed E-state index contributed by atoms with van der Waals surface area (Å²) >= 11 is 6.39. The van der Waals surface area contributed by atoms with E-state index in [-0.39, 0.29) is 24.4 Å². The molecule has 6 nitrogen and oxygen atoms in total. The summed E-state index contributed by atoms with van der Waals surface area (Å²) in [5.41, 5.74) is 3.56. The second-order valence-corrected chi connectivity index (χ2v) is 7.78. The number of nitrogens with one attached hydrogen (secondary N) is 1. The van der Waals surface area contributed by atoms with E-state index >= 15 is 0 Å². The molecular weight excluding hydrogens is 433 g/mol. The molecule has 1 aliphatic heterocycles. The number of nitrogens with zero attached hydrogens (tertiary/aromatic N) is 4. The number of imidazole rings is 1. The van der Waals surface area contributed by atoms with E-state index in [2.05, 4.69) is 21.3 Å². The monoisotopic (exact) mass is 455 g/mol. The van der Waals surface area contributed by atoms with Gasteiger partial charge in [-0.15, -0.1) is 12.4 Å². The minimum Gasteiger partial charge on any atom is -0.355 e. The molecule has 1 aliphatic rings. The van der Waals surface area contributed by atoms with Gasteiger partial charge in [-0.25, -0.2) is 4.98 Å². The van der Waals surface area contributed by atoms with E-state index in [1.807, 2.05) is 59.3 Å². The first-order valence-corrected chi connectivity index (χ1v) is 10.3. The average Bonchev–Trinajstić information content (AvgIpc) is 3.38. The number of carbonyl (C=O) groups is 1. The Morgan fingerprint density at radius 3 is 2.61 bits per heavy atom. The molecule has 1 atom stereocenters. The van der Waals surface area contributed by atoms with Gasteiger partial charge in [-0.2, -0.15) is 5.26 Å². The third kappa shape index (κ3) is 5.26. The molecular formula is C23H23Cl2N5O. The fraction of sp³-hybridized carbons (Fsp3) is 0.261. The first kappa shape index (κ1) is 22.8. The van der Waals surface area contributed by atoms with Gasteiger partial charge in [0, 0.05) is 30.9 Å². The van der Waals surface area contributed by atoms with Gasteiger partial charge in [-0.3, -0.25) is 9.69 Å². The van der Waals surface area contributed by atoms with E-state index in [0.29, 0.717) is 36.8 Å². The van der Waals surface area contributed by atoms with Crippen LogP contribution >= 0.6 is 24.0 Å². The van der Waals surface area contributed by atoms with Crippen LogP contribution in [0.25, 0.3) is 0 Å². The molecule has 31 heavy (non-hydrogen) atoms. The van der Waals surface area contributed by atoms with E-state index in [9.17, 15) is 10.1 Å². The third-order valence-corrected chi connectivity index (χ3v) is 5.80. The molecule has 3 aromatic rings. The molecule has 160 valence electrons. The van der Waals surface area contributed by atoms with Crippen LogP contribution in [0.15, 0.2) is 61.1 Å². The zero-order chi connectivity index (χ0) is 20.9. The summed E-state index contributed by atoms with van der Waals surface area (Å²) in [4.78, 5) is 18.9. The van der Waals surface area contributed by atoms with Crippen molar-refractivity contribution >= 4 is 29.9 Å². The predicted octanol–water partition coefficient (Wildman–Crippen LogP) is 3.77. The SMILES string of the molecule is Cl.N#Cc1ccccc1Cn1cncc1CN(Cc1ccccc1Cl)C1CCNC1=O. The fourth-order valence-electron chi connectivity index (χ4n) is 3.83. The van der Waals surface area contributed by atoms with E-state index in [1.54, 1.807) is 6.33 Å². The number of carbonyl (C=O) groups excluding carboxylic acids is 1. The molecule has 1 unspecified atom stereocenters. The smallest absolute Gasteiger partial charge is 0.237 e. The molecule has 0 bridgehead atoms. The minimum atomic E-state index is -0.212. The first-order chi connectivity index (χ1) is 14.7. The highest BCUT2D eigenvalue weighted by atomic mass is 35.5. The van der Waals surface area contributed by atoms with E-state index in [4.69, 9.17) is 11.6 Å². The zero-order valence-corrected chi connectivity index (χ0v) is 18.4. The first-order valence-electron chi connectivity index (χ1n) is 9.88. The summed E-state index contributed by atoms with van der Waals surface area (Å²) in [6, 6.07) is 17.3. The van der Waals surface area contributed by atoms with E-state index in [1.165, 1.54) is 0 Å². The standard InChI is InChI=1S/C23H22ClN5O.ClH/c24-21-8-4-3-7-19(21)14-28(22-9-10-27-23(22)30)15-20-12-26-16-29(20)13-18-6-2-1-5-17(18)11-25;/h1-8,12,16,22H,9-10,13-15H2,(H,27,30);1H. The van der Waals surface area contributed by atoms with E-state index in [0.717, 1.165) is 23.2 Å². The Bertz CT molecular complexity index is 1090. The number of rotatable bonds is 7. The van der Waals surface area contributed by atoms with Gasteiger partial charge in [-0.05, 0) is 29.7 Å². The Hall–Kier alpha value is -2.85. The van der Waals surface area contributed by atoms with Crippen LogP contribution in [-0.2, 0) is 24.4 Å². The van der Waals surface area contributed by atoms with E-state index < -0.39 is 0 Å². The molecule has 1 amide bonds. The van der Waals surface area contributed by atoms with Crippen LogP contribution in [0, 0.1) is 11.3 Å². The Kier molecular flexibility index (Phi) is 7.69. The topological polar surface area (TPSA) is 74.0 Å². The van der Waals surface area contributed by atoms with Crippen molar-refractivity contribution in [2.45, 2.75) is 32.1 Å². The van der Waals surface area contributed by atoms with Crippen molar-refractivity contribution in [3.8, 4) is 6.07 Å². The molecule has 0 spiro atoms. The van der Waals surface area contributed by atoms with Crippen LogP contribution in [0.5, 0.6) is 0 Å². The number of nitriles is 1. The highest BCUT2D eigenvalue weighted by Crippen LogP contribution is 2.23. The maximum atomic E-state index is 12.4. The van der Waals surface area contributed by atoms with Gasteiger partial charge in [0.25, 0.3) is 0 Å². The Morgan fingerprint density at radius 2 is 1.90 bits per heavy atom. The average molecular weight is 456 g/mol. The maximum absolute atomic E-state index is 12.4. The van der Waals surface area contributed by atoms with Crippen LogP contribution < -0.4 is 5.32 Å². The second kappa shape index (κ2) is 10.5. The summed E-state index contributed by atoms with van der Waals surface area (Å²) in [5.74, 6) is 0.0444. The van der Waals surface area contributed by atoms with Gasteiger partial charge in [0.2, 0.25) is 5.91 Å². The highest BCUT2D eigenvalue weighted by Gasteiger charge is 2.31.